The monoisotopic (exact) mass is 328 g/mol. The van der Waals surface area contributed by atoms with Gasteiger partial charge >= 0.3 is 0 Å². The molecule has 0 saturated carbocycles. The number of methoxy groups -OCH3 is 1. The Morgan fingerprint density at radius 2 is 1.96 bits per heavy atom. The van der Waals surface area contributed by atoms with Gasteiger partial charge in [0.25, 0.3) is 0 Å². The number of ether oxygens (including phenoxy) is 2. The first kappa shape index (κ1) is 20.2. The maximum Gasteiger partial charge on any atom is 0.191 e. The molecule has 0 aromatic heterocycles. The zero-order valence-electron chi connectivity index (χ0n) is 15.3. The number of unbranched alkanes of at least 4 members (excludes halogenated alkanes) is 1. The Hall–Kier alpha value is -0.850. The van der Waals surface area contributed by atoms with Crippen LogP contribution in [0.4, 0.5) is 0 Å². The van der Waals surface area contributed by atoms with E-state index in [9.17, 15) is 0 Å². The Morgan fingerprint density at radius 1 is 1.17 bits per heavy atom. The summed E-state index contributed by atoms with van der Waals surface area (Å²) in [5, 5.41) is 6.95. The third kappa shape index (κ3) is 9.79. The minimum absolute atomic E-state index is 0.548. The van der Waals surface area contributed by atoms with E-state index in [1.54, 1.807) is 7.11 Å². The molecule has 0 aliphatic carbocycles. The second kappa shape index (κ2) is 13.6. The van der Waals surface area contributed by atoms with E-state index in [1.807, 2.05) is 7.05 Å². The molecular weight excluding hydrogens is 292 g/mol. The molecule has 0 unspecified atom stereocenters. The molecule has 6 heteroatoms. The highest BCUT2D eigenvalue weighted by atomic mass is 16.5. The first-order valence-electron chi connectivity index (χ1n) is 9.06. The quantitative estimate of drug-likeness (QED) is 0.342. The number of nitrogens with zero attached hydrogens (tertiary/aromatic N) is 2. The lowest BCUT2D eigenvalue weighted by molar-refractivity contribution is 0.0689. The van der Waals surface area contributed by atoms with Crippen molar-refractivity contribution in [1.29, 1.82) is 0 Å². The van der Waals surface area contributed by atoms with Crippen molar-refractivity contribution in [1.82, 2.24) is 15.5 Å². The molecule has 0 aromatic rings. The van der Waals surface area contributed by atoms with Crippen molar-refractivity contribution in [2.75, 3.05) is 60.2 Å². The van der Waals surface area contributed by atoms with E-state index in [2.05, 4.69) is 27.4 Å². The lowest BCUT2D eigenvalue weighted by Gasteiger charge is -2.32. The van der Waals surface area contributed by atoms with Crippen molar-refractivity contribution in [3.63, 3.8) is 0 Å². The standard InChI is InChI=1S/C17H36N4O2/c1-4-10-21-11-7-16(8-12-21)20-17(18-2)19-9-5-6-13-23-15-14-22-3/h16H,4-15H2,1-3H3,(H2,18,19,20). The summed E-state index contributed by atoms with van der Waals surface area (Å²) in [5.74, 6) is 0.930. The molecule has 1 aliphatic heterocycles. The first-order chi connectivity index (χ1) is 11.3. The van der Waals surface area contributed by atoms with Crippen LogP contribution >= 0.6 is 0 Å². The Kier molecular flexibility index (Phi) is 11.9. The number of hydrogen-bond donors (Lipinski definition) is 2. The normalized spacial score (nSPS) is 17.4. The van der Waals surface area contributed by atoms with Crippen LogP contribution < -0.4 is 10.6 Å². The number of nitrogens with one attached hydrogen (secondary N) is 2. The molecule has 1 rings (SSSR count). The molecule has 0 atom stereocenters. The van der Waals surface area contributed by atoms with E-state index < -0.39 is 0 Å². The van der Waals surface area contributed by atoms with Gasteiger partial charge < -0.3 is 25.0 Å². The predicted octanol–water partition coefficient (Wildman–Crippen LogP) is 1.47. The van der Waals surface area contributed by atoms with E-state index in [0.717, 1.165) is 32.0 Å². The summed E-state index contributed by atoms with van der Waals surface area (Å²) < 4.78 is 10.4. The number of piperidine rings is 1. The predicted molar refractivity (Wildman–Crippen MR) is 96.2 cm³/mol. The van der Waals surface area contributed by atoms with Gasteiger partial charge in [0.15, 0.2) is 5.96 Å². The Bertz CT molecular complexity index is 305. The van der Waals surface area contributed by atoms with Gasteiger partial charge in [-0.2, -0.15) is 0 Å². The lowest BCUT2D eigenvalue weighted by atomic mass is 10.1. The molecule has 0 amide bonds. The SMILES string of the molecule is CCCN1CCC(NC(=NC)NCCCCOCCOC)CC1. The maximum atomic E-state index is 5.46. The third-order valence-corrected chi connectivity index (χ3v) is 4.13. The topological polar surface area (TPSA) is 58.1 Å². The van der Waals surface area contributed by atoms with Crippen LogP contribution in [0.15, 0.2) is 4.99 Å². The lowest BCUT2D eigenvalue weighted by Crippen LogP contribution is -2.48. The summed E-state index contributed by atoms with van der Waals surface area (Å²) in [7, 11) is 3.54. The van der Waals surface area contributed by atoms with Crippen molar-refractivity contribution in [2.45, 2.75) is 45.1 Å². The number of rotatable bonds is 11. The van der Waals surface area contributed by atoms with Gasteiger partial charge in [-0.25, -0.2) is 0 Å². The highest BCUT2D eigenvalue weighted by Gasteiger charge is 2.18. The van der Waals surface area contributed by atoms with Crippen LogP contribution in [-0.2, 0) is 9.47 Å². The second-order valence-corrected chi connectivity index (χ2v) is 6.07. The molecule has 1 aliphatic rings. The van der Waals surface area contributed by atoms with E-state index in [4.69, 9.17) is 9.47 Å². The highest BCUT2D eigenvalue weighted by molar-refractivity contribution is 5.79. The summed E-state index contributed by atoms with van der Waals surface area (Å²) >= 11 is 0. The molecule has 0 spiro atoms. The molecular formula is C17H36N4O2. The fraction of sp³-hybridized carbons (Fsp3) is 0.941. The minimum atomic E-state index is 0.548. The molecule has 0 radical (unpaired) electrons. The molecule has 2 N–H and O–H groups in total. The van der Waals surface area contributed by atoms with E-state index in [-0.39, 0.29) is 0 Å². The fourth-order valence-corrected chi connectivity index (χ4v) is 2.79. The van der Waals surface area contributed by atoms with E-state index in [0.29, 0.717) is 19.3 Å². The molecule has 1 fully saturated rings. The van der Waals surface area contributed by atoms with Crippen LogP contribution in [0.3, 0.4) is 0 Å². The number of aliphatic imine (C=N–C) groups is 1. The van der Waals surface area contributed by atoms with Gasteiger partial charge in [-0.15, -0.1) is 0 Å². The van der Waals surface area contributed by atoms with Gasteiger partial charge in [-0.3, -0.25) is 4.99 Å². The van der Waals surface area contributed by atoms with Gasteiger partial charge in [0, 0.05) is 46.4 Å². The largest absolute Gasteiger partial charge is 0.382 e. The fourth-order valence-electron chi connectivity index (χ4n) is 2.79. The van der Waals surface area contributed by atoms with Crippen molar-refractivity contribution in [2.24, 2.45) is 4.99 Å². The Morgan fingerprint density at radius 3 is 2.61 bits per heavy atom. The van der Waals surface area contributed by atoms with E-state index in [1.165, 1.54) is 38.9 Å². The average Bonchev–Trinajstić information content (AvgIpc) is 2.58. The first-order valence-corrected chi connectivity index (χ1v) is 9.06. The van der Waals surface area contributed by atoms with Gasteiger partial charge in [-0.1, -0.05) is 6.92 Å². The van der Waals surface area contributed by atoms with Crippen LogP contribution in [0.2, 0.25) is 0 Å². The molecule has 6 nitrogen and oxygen atoms in total. The zero-order valence-corrected chi connectivity index (χ0v) is 15.3. The van der Waals surface area contributed by atoms with Crippen molar-refractivity contribution in [3.05, 3.63) is 0 Å². The number of guanidine groups is 1. The van der Waals surface area contributed by atoms with E-state index >= 15 is 0 Å². The summed E-state index contributed by atoms with van der Waals surface area (Å²) in [6.07, 6.45) is 5.80. The summed E-state index contributed by atoms with van der Waals surface area (Å²) in [6.45, 7) is 8.96. The van der Waals surface area contributed by atoms with Gasteiger partial charge in [0.05, 0.1) is 13.2 Å². The molecule has 0 aromatic carbocycles. The van der Waals surface area contributed by atoms with Crippen LogP contribution in [0.25, 0.3) is 0 Å². The number of hydrogen-bond acceptors (Lipinski definition) is 4. The van der Waals surface area contributed by atoms with Crippen LogP contribution in [0, 0.1) is 0 Å². The molecule has 1 heterocycles. The second-order valence-electron chi connectivity index (χ2n) is 6.07. The van der Waals surface area contributed by atoms with Crippen LogP contribution in [-0.4, -0.2) is 77.1 Å². The summed E-state index contributed by atoms with van der Waals surface area (Å²) in [4.78, 5) is 6.88. The zero-order chi connectivity index (χ0) is 16.8. The van der Waals surface area contributed by atoms with Crippen molar-refractivity contribution >= 4 is 5.96 Å². The summed E-state index contributed by atoms with van der Waals surface area (Å²) in [6, 6.07) is 0.548. The van der Waals surface area contributed by atoms with Crippen molar-refractivity contribution in [3.8, 4) is 0 Å². The van der Waals surface area contributed by atoms with Gasteiger partial charge in [0.2, 0.25) is 0 Å². The molecule has 1 saturated heterocycles. The maximum absolute atomic E-state index is 5.46. The van der Waals surface area contributed by atoms with Crippen molar-refractivity contribution < 1.29 is 9.47 Å². The number of likely N-dealkylation sites (tertiary alicyclic amines) is 1. The average molecular weight is 329 g/mol. The van der Waals surface area contributed by atoms with Gasteiger partial charge in [0.1, 0.15) is 0 Å². The summed E-state index contributed by atoms with van der Waals surface area (Å²) in [5.41, 5.74) is 0. The van der Waals surface area contributed by atoms with Gasteiger partial charge in [-0.05, 0) is 38.6 Å². The molecule has 136 valence electrons. The highest BCUT2D eigenvalue weighted by Crippen LogP contribution is 2.10. The molecule has 0 bridgehead atoms. The molecule has 23 heavy (non-hydrogen) atoms. The Balaban J connectivity index is 2.04. The smallest absolute Gasteiger partial charge is 0.191 e. The Labute approximate surface area is 142 Å². The van der Waals surface area contributed by atoms with Crippen LogP contribution in [0.1, 0.15) is 39.0 Å². The minimum Gasteiger partial charge on any atom is -0.382 e. The van der Waals surface area contributed by atoms with Crippen LogP contribution in [0.5, 0.6) is 0 Å². The third-order valence-electron chi connectivity index (χ3n) is 4.13.